The number of aromatic amines is 1. The van der Waals surface area contributed by atoms with E-state index in [2.05, 4.69) is 30.2 Å². The Morgan fingerprint density at radius 2 is 1.84 bits per heavy atom. The molecule has 8 nitrogen and oxygen atoms in total. The molecule has 1 aromatic carbocycles. The standard InChI is InChI=1S/C26H25ClF3N7O/c1-16-24(27)19(5-7-31-16)18-2-3-20-21(13-18)34-25(33-20)35-22-12-17(4-6-32-22)15-36-8-10-37(11-9-36)23(38)14-26(28,29)30/h2-7,12-13H,8-11,14-15H2,1H3,(H2,32,33,34,35). The van der Waals surface area contributed by atoms with Crippen LogP contribution in [0.4, 0.5) is 24.9 Å². The molecule has 4 aromatic rings. The number of hydrogen-bond acceptors (Lipinski definition) is 6. The van der Waals surface area contributed by atoms with Gasteiger partial charge in [0.05, 0.1) is 21.7 Å². The number of imidazole rings is 1. The van der Waals surface area contributed by atoms with Gasteiger partial charge >= 0.3 is 6.18 Å². The summed E-state index contributed by atoms with van der Waals surface area (Å²) in [6.07, 6.45) is -2.47. The first-order chi connectivity index (χ1) is 18.1. The number of aromatic nitrogens is 4. The molecule has 1 fully saturated rings. The zero-order valence-corrected chi connectivity index (χ0v) is 21.3. The fourth-order valence-corrected chi connectivity index (χ4v) is 4.69. The molecule has 198 valence electrons. The lowest BCUT2D eigenvalue weighted by molar-refractivity contribution is -0.162. The van der Waals surface area contributed by atoms with Crippen LogP contribution in [0.25, 0.3) is 22.2 Å². The van der Waals surface area contributed by atoms with Gasteiger partial charge in [-0.1, -0.05) is 17.7 Å². The van der Waals surface area contributed by atoms with Crippen LogP contribution < -0.4 is 5.32 Å². The van der Waals surface area contributed by atoms with E-state index in [4.69, 9.17) is 11.6 Å². The summed E-state index contributed by atoms with van der Waals surface area (Å²) in [6.45, 7) is 4.01. The van der Waals surface area contributed by atoms with E-state index < -0.39 is 18.5 Å². The highest BCUT2D eigenvalue weighted by Crippen LogP contribution is 2.31. The van der Waals surface area contributed by atoms with Crippen molar-refractivity contribution >= 4 is 40.3 Å². The Kier molecular flexibility index (Phi) is 7.22. The molecule has 1 saturated heterocycles. The summed E-state index contributed by atoms with van der Waals surface area (Å²) in [5.74, 6) is 0.272. The van der Waals surface area contributed by atoms with Crippen LogP contribution in [0.1, 0.15) is 17.7 Å². The third-order valence-corrected chi connectivity index (χ3v) is 6.89. The molecule has 0 unspecified atom stereocenters. The maximum atomic E-state index is 12.5. The van der Waals surface area contributed by atoms with Crippen LogP contribution >= 0.6 is 11.6 Å². The maximum absolute atomic E-state index is 12.5. The van der Waals surface area contributed by atoms with E-state index in [1.807, 2.05) is 43.3 Å². The molecule has 12 heteroatoms. The highest BCUT2D eigenvalue weighted by Gasteiger charge is 2.34. The van der Waals surface area contributed by atoms with E-state index in [0.717, 1.165) is 33.4 Å². The highest BCUT2D eigenvalue weighted by molar-refractivity contribution is 6.33. The Labute approximate surface area is 221 Å². The smallest absolute Gasteiger partial charge is 0.340 e. The maximum Gasteiger partial charge on any atom is 0.397 e. The number of anilines is 2. The second-order valence-electron chi connectivity index (χ2n) is 9.20. The molecular formula is C26H25ClF3N7O. The normalized spacial score (nSPS) is 14.7. The van der Waals surface area contributed by atoms with Crippen LogP contribution in [-0.2, 0) is 11.3 Å². The van der Waals surface area contributed by atoms with E-state index in [-0.39, 0.29) is 13.1 Å². The van der Waals surface area contributed by atoms with Gasteiger partial charge in [-0.3, -0.25) is 14.7 Å². The quantitative estimate of drug-likeness (QED) is 0.342. The monoisotopic (exact) mass is 543 g/mol. The lowest BCUT2D eigenvalue weighted by atomic mass is 10.1. The number of aryl methyl sites for hydroxylation is 1. The summed E-state index contributed by atoms with van der Waals surface area (Å²) >= 11 is 6.45. The molecule has 4 heterocycles. The number of amides is 1. The number of halogens is 4. The van der Waals surface area contributed by atoms with Gasteiger partial charge in [0.2, 0.25) is 11.9 Å². The number of carbonyl (C=O) groups is 1. The number of nitrogens with one attached hydrogen (secondary N) is 2. The first kappa shape index (κ1) is 25.9. The third-order valence-electron chi connectivity index (χ3n) is 6.41. The molecule has 1 amide bonds. The van der Waals surface area contributed by atoms with Crippen molar-refractivity contribution in [2.24, 2.45) is 0 Å². The number of hydrogen-bond donors (Lipinski definition) is 2. The summed E-state index contributed by atoms with van der Waals surface area (Å²) in [6, 6.07) is 11.5. The Balaban J connectivity index is 1.23. The zero-order valence-electron chi connectivity index (χ0n) is 20.5. The molecule has 1 aliphatic heterocycles. The molecule has 0 spiro atoms. The number of alkyl halides is 3. The summed E-state index contributed by atoms with van der Waals surface area (Å²) < 4.78 is 37.5. The number of rotatable bonds is 6. The van der Waals surface area contributed by atoms with Gasteiger partial charge in [0.25, 0.3) is 0 Å². The van der Waals surface area contributed by atoms with Crippen LogP contribution in [-0.4, -0.2) is 68.0 Å². The second kappa shape index (κ2) is 10.6. The minimum atomic E-state index is -4.48. The number of benzene rings is 1. The molecule has 1 aliphatic rings. The predicted molar refractivity (Wildman–Crippen MR) is 139 cm³/mol. The van der Waals surface area contributed by atoms with E-state index in [0.29, 0.717) is 36.4 Å². The number of piperazine rings is 1. The summed E-state index contributed by atoms with van der Waals surface area (Å²) in [5.41, 5.74) is 5.21. The van der Waals surface area contributed by atoms with Gasteiger partial charge in [-0.2, -0.15) is 13.2 Å². The van der Waals surface area contributed by atoms with Crippen LogP contribution in [0.2, 0.25) is 5.02 Å². The SMILES string of the molecule is Cc1nccc(-c2ccc3nc(Nc4cc(CN5CCN(C(=O)CC(F)(F)F)CC5)ccn4)[nH]c3c2)c1Cl. The number of H-pyrrole nitrogens is 1. The van der Waals surface area contributed by atoms with Gasteiger partial charge in [0.1, 0.15) is 12.2 Å². The van der Waals surface area contributed by atoms with Crippen molar-refractivity contribution in [2.75, 3.05) is 31.5 Å². The van der Waals surface area contributed by atoms with Crippen molar-refractivity contribution < 1.29 is 18.0 Å². The van der Waals surface area contributed by atoms with Crippen molar-refractivity contribution in [3.05, 3.63) is 65.1 Å². The number of nitrogens with zero attached hydrogens (tertiary/aromatic N) is 5. The average molecular weight is 544 g/mol. The average Bonchev–Trinajstić information content (AvgIpc) is 3.27. The van der Waals surface area contributed by atoms with E-state index >= 15 is 0 Å². The molecule has 2 N–H and O–H groups in total. The van der Waals surface area contributed by atoms with Gasteiger partial charge in [0, 0.05) is 50.7 Å². The van der Waals surface area contributed by atoms with E-state index in [1.165, 1.54) is 4.90 Å². The summed E-state index contributed by atoms with van der Waals surface area (Å²) in [4.78, 5) is 31.7. The lowest BCUT2D eigenvalue weighted by Gasteiger charge is -2.35. The van der Waals surface area contributed by atoms with Crippen LogP contribution in [0.3, 0.4) is 0 Å². The van der Waals surface area contributed by atoms with Crippen LogP contribution in [0, 0.1) is 6.92 Å². The topological polar surface area (TPSA) is 90.0 Å². The van der Waals surface area contributed by atoms with E-state index in [1.54, 1.807) is 12.4 Å². The molecule has 38 heavy (non-hydrogen) atoms. The Morgan fingerprint density at radius 1 is 1.08 bits per heavy atom. The van der Waals surface area contributed by atoms with Crippen molar-refractivity contribution in [3.8, 4) is 11.1 Å². The van der Waals surface area contributed by atoms with Crippen molar-refractivity contribution in [3.63, 3.8) is 0 Å². The molecule has 0 atom stereocenters. The largest absolute Gasteiger partial charge is 0.397 e. The van der Waals surface area contributed by atoms with Crippen molar-refractivity contribution in [2.45, 2.75) is 26.1 Å². The van der Waals surface area contributed by atoms with Crippen molar-refractivity contribution in [1.82, 2.24) is 29.7 Å². The third kappa shape index (κ3) is 6.05. The lowest BCUT2D eigenvalue weighted by Crippen LogP contribution is -2.49. The first-order valence-electron chi connectivity index (χ1n) is 12.0. The minimum absolute atomic E-state index is 0.274. The first-order valence-corrected chi connectivity index (χ1v) is 12.4. The van der Waals surface area contributed by atoms with Gasteiger partial charge in [-0.15, -0.1) is 0 Å². The van der Waals surface area contributed by atoms with E-state index in [9.17, 15) is 18.0 Å². The second-order valence-corrected chi connectivity index (χ2v) is 9.58. The number of pyridine rings is 2. The van der Waals surface area contributed by atoms with Crippen molar-refractivity contribution in [1.29, 1.82) is 0 Å². The summed E-state index contributed by atoms with van der Waals surface area (Å²) in [5, 5.41) is 3.81. The zero-order chi connectivity index (χ0) is 26.9. The summed E-state index contributed by atoms with van der Waals surface area (Å²) in [7, 11) is 0. The Hall–Kier alpha value is -3.70. The van der Waals surface area contributed by atoms with Gasteiger partial charge in [0.15, 0.2) is 0 Å². The molecular weight excluding hydrogens is 519 g/mol. The number of fused-ring (bicyclic) bond motifs is 1. The Bertz CT molecular complexity index is 1470. The molecule has 0 saturated carbocycles. The Morgan fingerprint density at radius 3 is 2.61 bits per heavy atom. The van der Waals surface area contributed by atoms with Gasteiger partial charge < -0.3 is 15.2 Å². The van der Waals surface area contributed by atoms with Gasteiger partial charge in [-0.05, 0) is 48.4 Å². The molecule has 0 aliphatic carbocycles. The molecule has 0 radical (unpaired) electrons. The van der Waals surface area contributed by atoms with Crippen LogP contribution in [0.15, 0.2) is 48.8 Å². The minimum Gasteiger partial charge on any atom is -0.340 e. The molecule has 5 rings (SSSR count). The molecule has 3 aromatic heterocycles. The number of carbonyl (C=O) groups excluding carboxylic acids is 1. The van der Waals surface area contributed by atoms with Gasteiger partial charge in [-0.25, -0.2) is 9.97 Å². The highest BCUT2D eigenvalue weighted by atomic mass is 35.5. The fraction of sp³-hybridized carbons (Fsp3) is 0.308. The fourth-order valence-electron chi connectivity index (χ4n) is 4.47. The van der Waals surface area contributed by atoms with Crippen LogP contribution in [0.5, 0.6) is 0 Å². The molecule has 0 bridgehead atoms. The predicted octanol–water partition coefficient (Wildman–Crippen LogP) is 5.32.